The van der Waals surface area contributed by atoms with Crippen molar-refractivity contribution in [2.75, 3.05) is 0 Å². The molecule has 3 heterocycles. The number of hydrogen-bond acceptors (Lipinski definition) is 3. The van der Waals surface area contributed by atoms with Crippen LogP contribution in [0.2, 0.25) is 19.6 Å². The normalized spacial score (nSPS) is 11.4. The molecule has 5 heteroatoms. The molecule has 245 valence electrons. The van der Waals surface area contributed by atoms with Crippen molar-refractivity contribution in [2.24, 2.45) is 0 Å². The first-order valence-corrected chi connectivity index (χ1v) is 19.8. The van der Waals surface area contributed by atoms with E-state index in [-0.39, 0.29) is 20.1 Å². The maximum Gasteiger partial charge on any atom is 0.121 e. The Kier molecular flexibility index (Phi) is 10.6. The summed E-state index contributed by atoms with van der Waals surface area (Å²) < 4.78 is 6.20. The first-order valence-electron chi connectivity index (χ1n) is 16.3. The van der Waals surface area contributed by atoms with Gasteiger partial charge in [-0.1, -0.05) is 99.9 Å². The molecule has 0 unspecified atom stereocenters. The Balaban J connectivity index is 0.000000214. The summed E-state index contributed by atoms with van der Waals surface area (Å²) in [6.07, 6.45) is 3.91. The molecule has 0 N–H and O–H groups in total. The van der Waals surface area contributed by atoms with E-state index in [0.29, 0.717) is 5.92 Å². The molecule has 0 aliphatic carbocycles. The minimum atomic E-state index is -1.24. The van der Waals surface area contributed by atoms with Crippen LogP contribution in [0.5, 0.6) is 0 Å². The monoisotopic (exact) mass is 823 g/mol. The molecule has 7 rings (SSSR count). The number of hydrogen-bond donors (Lipinski definition) is 0. The number of rotatable bonds is 5. The smallest absolute Gasteiger partial charge is 0.121 e. The average molecular weight is 823 g/mol. The van der Waals surface area contributed by atoms with Crippen molar-refractivity contribution in [2.45, 2.75) is 60.2 Å². The van der Waals surface area contributed by atoms with Crippen LogP contribution >= 0.6 is 0 Å². The number of aromatic nitrogens is 2. The Morgan fingerprint density at radius 2 is 1.46 bits per heavy atom. The van der Waals surface area contributed by atoms with E-state index in [1.165, 1.54) is 38.6 Å². The van der Waals surface area contributed by atoms with Gasteiger partial charge in [0.2, 0.25) is 0 Å². The largest absolute Gasteiger partial charge is 0.500 e. The Bertz CT molecular complexity index is 2170. The average Bonchev–Trinajstić information content (AvgIpc) is 3.42. The maximum absolute atomic E-state index is 6.20. The molecule has 1 radical (unpaired) electrons. The van der Waals surface area contributed by atoms with E-state index < -0.39 is 8.07 Å². The molecule has 0 aliphatic rings. The molecule has 7 aromatic rings. The number of fused-ring (bicyclic) bond motifs is 3. The van der Waals surface area contributed by atoms with Gasteiger partial charge in [-0.25, -0.2) is 0 Å². The van der Waals surface area contributed by atoms with E-state index in [2.05, 4.69) is 149 Å². The molecule has 0 saturated heterocycles. The zero-order valence-electron chi connectivity index (χ0n) is 29.0. The Labute approximate surface area is 299 Å². The summed E-state index contributed by atoms with van der Waals surface area (Å²) in [6.45, 7) is 17.8. The van der Waals surface area contributed by atoms with Gasteiger partial charge in [0.1, 0.15) is 5.58 Å². The predicted molar refractivity (Wildman–Crippen MR) is 201 cm³/mol. The van der Waals surface area contributed by atoms with Gasteiger partial charge >= 0.3 is 0 Å². The van der Waals surface area contributed by atoms with Gasteiger partial charge in [0.05, 0.1) is 13.7 Å². The van der Waals surface area contributed by atoms with E-state index >= 15 is 0 Å². The third-order valence-corrected chi connectivity index (χ3v) is 10.9. The Morgan fingerprint density at radius 3 is 2.12 bits per heavy atom. The molecular formula is C43H42IrN2OSi-2. The van der Waals surface area contributed by atoms with E-state index in [4.69, 9.17) is 4.42 Å². The fourth-order valence-electron chi connectivity index (χ4n) is 6.03. The molecule has 3 nitrogen and oxygen atoms in total. The summed E-state index contributed by atoms with van der Waals surface area (Å²) in [5.74, 6) is 0.466. The molecule has 0 saturated carbocycles. The molecule has 48 heavy (non-hydrogen) atoms. The summed E-state index contributed by atoms with van der Waals surface area (Å²) in [4.78, 5) is 9.15. The predicted octanol–water partition coefficient (Wildman–Crippen LogP) is 11.3. The molecule has 0 amide bonds. The van der Waals surface area contributed by atoms with Gasteiger partial charge in [-0.2, -0.15) is 0 Å². The fraction of sp³-hybridized carbons (Fsp3) is 0.209. The zero-order chi connectivity index (χ0) is 33.3. The summed E-state index contributed by atoms with van der Waals surface area (Å²) in [5, 5.41) is 3.62. The number of pyridine rings is 2. The van der Waals surface area contributed by atoms with E-state index in [9.17, 15) is 0 Å². The van der Waals surface area contributed by atoms with Gasteiger partial charge < -0.3 is 14.4 Å². The van der Waals surface area contributed by atoms with Crippen LogP contribution in [-0.4, -0.2) is 18.0 Å². The minimum absolute atomic E-state index is 0. The second-order valence-electron chi connectivity index (χ2n) is 13.7. The second kappa shape index (κ2) is 14.5. The quantitative estimate of drug-likeness (QED) is 0.128. The van der Waals surface area contributed by atoms with Crippen LogP contribution in [0.4, 0.5) is 0 Å². The first-order chi connectivity index (χ1) is 22.5. The summed E-state index contributed by atoms with van der Waals surface area (Å²) in [7, 11) is -1.24. The van der Waals surface area contributed by atoms with E-state index in [0.717, 1.165) is 44.5 Å². The number of benzene rings is 4. The van der Waals surface area contributed by atoms with Crippen LogP contribution in [-0.2, 0) is 20.1 Å². The molecular weight excluding hydrogens is 781 g/mol. The minimum Gasteiger partial charge on any atom is -0.500 e. The third-order valence-electron chi connectivity index (χ3n) is 8.85. The van der Waals surface area contributed by atoms with Crippen molar-refractivity contribution < 1.29 is 24.5 Å². The van der Waals surface area contributed by atoms with Gasteiger partial charge in [0, 0.05) is 37.9 Å². The standard InChI is InChI=1S/C28H24NO.C15H18NSi.Ir/c1-17(2)20-12-13-29-25(15-20)21-9-11-26-24(14-21)23-10-8-22(16-27(23)30-26)28-18(3)6-5-7-19(28)4;1-12-7-5-6-8-14(12)15-10-9-13(11-16-15)17(2,3)4;/h5-8,10-17H,1-4H3;5-7,9-11H,1-4H3;/q2*-1;. The third kappa shape index (κ3) is 7.44. The number of furan rings is 1. The zero-order valence-corrected chi connectivity index (χ0v) is 32.4. The number of aryl methyl sites for hydroxylation is 3. The molecule has 0 bridgehead atoms. The van der Waals surface area contributed by atoms with Gasteiger partial charge in [-0.3, -0.25) is 0 Å². The van der Waals surface area contributed by atoms with Crippen LogP contribution in [0.15, 0.2) is 108 Å². The SMILES string of the molecule is Cc1ccc[c-]c1-c1ccc([Si](C)(C)C)cn1.Cc1cccc(C)c1-c1ccc2c(c1)oc1c[c-]c(-c3cc(C(C)C)ccn3)cc12.[Ir]. The van der Waals surface area contributed by atoms with Crippen molar-refractivity contribution in [3.05, 3.63) is 138 Å². The van der Waals surface area contributed by atoms with Crippen molar-refractivity contribution in [1.82, 2.24) is 9.97 Å². The van der Waals surface area contributed by atoms with Crippen molar-refractivity contribution in [1.29, 1.82) is 0 Å². The molecule has 0 aliphatic heterocycles. The van der Waals surface area contributed by atoms with Crippen molar-refractivity contribution >= 4 is 35.2 Å². The second-order valence-corrected chi connectivity index (χ2v) is 18.8. The molecule has 0 atom stereocenters. The molecule has 3 aromatic heterocycles. The van der Waals surface area contributed by atoms with Gasteiger partial charge in [0.25, 0.3) is 0 Å². The molecule has 0 fully saturated rings. The first kappa shape index (κ1) is 35.2. The van der Waals surface area contributed by atoms with E-state index in [1.54, 1.807) is 0 Å². The topological polar surface area (TPSA) is 38.9 Å². The summed E-state index contributed by atoms with van der Waals surface area (Å²) in [6, 6.07) is 38.3. The van der Waals surface area contributed by atoms with E-state index in [1.807, 2.05) is 30.6 Å². The maximum atomic E-state index is 6.20. The van der Waals surface area contributed by atoms with Crippen LogP contribution in [0, 0.1) is 32.9 Å². The fourth-order valence-corrected chi connectivity index (χ4v) is 7.06. The molecule has 4 aromatic carbocycles. The van der Waals surface area contributed by atoms with Crippen LogP contribution in [0.1, 0.15) is 42.0 Å². The van der Waals surface area contributed by atoms with Crippen LogP contribution in [0.25, 0.3) is 55.6 Å². The molecule has 0 spiro atoms. The van der Waals surface area contributed by atoms with Gasteiger partial charge in [-0.05, 0) is 70.7 Å². The Morgan fingerprint density at radius 1 is 0.708 bits per heavy atom. The van der Waals surface area contributed by atoms with Crippen LogP contribution in [0.3, 0.4) is 0 Å². The van der Waals surface area contributed by atoms with Crippen molar-refractivity contribution in [3.63, 3.8) is 0 Å². The van der Waals surface area contributed by atoms with Gasteiger partial charge in [0.15, 0.2) is 0 Å². The Hall–Kier alpha value is -4.15. The number of nitrogens with zero attached hydrogens (tertiary/aromatic N) is 2. The van der Waals surface area contributed by atoms with Crippen molar-refractivity contribution in [3.8, 4) is 33.6 Å². The van der Waals surface area contributed by atoms with Gasteiger partial charge in [-0.15, -0.1) is 59.2 Å². The van der Waals surface area contributed by atoms with Crippen LogP contribution < -0.4 is 5.19 Å². The summed E-state index contributed by atoms with van der Waals surface area (Å²) in [5.41, 5.74) is 13.3. The summed E-state index contributed by atoms with van der Waals surface area (Å²) >= 11 is 0.